The summed E-state index contributed by atoms with van der Waals surface area (Å²) in [6.45, 7) is 4.22. The molecule has 0 fully saturated rings. The van der Waals surface area contributed by atoms with Crippen LogP contribution in [-0.2, 0) is 0 Å². The number of furan rings is 1. The first-order valence-corrected chi connectivity index (χ1v) is 6.84. The average Bonchev–Trinajstić information content (AvgIpc) is 3.04. The van der Waals surface area contributed by atoms with Crippen LogP contribution in [0.5, 0.6) is 0 Å². The summed E-state index contributed by atoms with van der Waals surface area (Å²) in [4.78, 5) is 19.2. The maximum atomic E-state index is 12.3. The van der Waals surface area contributed by atoms with Gasteiger partial charge in [0.25, 0.3) is 5.91 Å². The van der Waals surface area contributed by atoms with E-state index in [4.69, 9.17) is 10.2 Å². The molecule has 0 spiro atoms. The van der Waals surface area contributed by atoms with Crippen molar-refractivity contribution in [1.29, 1.82) is 0 Å². The Kier molecular flexibility index (Phi) is 4.01. The van der Waals surface area contributed by atoms with Crippen molar-refractivity contribution in [3.05, 3.63) is 29.0 Å². The Morgan fingerprint density at radius 1 is 1.63 bits per heavy atom. The van der Waals surface area contributed by atoms with Crippen LogP contribution in [-0.4, -0.2) is 35.4 Å². The molecule has 6 heteroatoms. The number of carbonyl (C=O) groups excluding carboxylic acids is 1. The molecule has 2 rings (SSSR count). The van der Waals surface area contributed by atoms with Gasteiger partial charge in [0.1, 0.15) is 5.69 Å². The van der Waals surface area contributed by atoms with Gasteiger partial charge in [-0.3, -0.25) is 4.79 Å². The molecule has 0 aliphatic rings. The van der Waals surface area contributed by atoms with Gasteiger partial charge in [0.15, 0.2) is 10.8 Å². The fourth-order valence-electron chi connectivity index (χ4n) is 1.63. The van der Waals surface area contributed by atoms with Crippen molar-refractivity contribution in [2.75, 3.05) is 13.6 Å². The lowest BCUT2D eigenvalue weighted by molar-refractivity contribution is 0.0742. The third-order valence-corrected chi connectivity index (χ3v) is 4.04. The number of hydrogen-bond donors (Lipinski definition) is 1. The van der Waals surface area contributed by atoms with E-state index in [2.05, 4.69) is 4.98 Å². The first kappa shape index (κ1) is 13.8. The van der Waals surface area contributed by atoms with Crippen LogP contribution >= 0.6 is 11.3 Å². The second kappa shape index (κ2) is 5.54. The van der Waals surface area contributed by atoms with Crippen molar-refractivity contribution in [2.45, 2.75) is 19.9 Å². The third kappa shape index (κ3) is 2.69. The number of nitrogens with two attached hydrogens (primary N) is 1. The lowest BCUT2D eigenvalue weighted by Crippen LogP contribution is -2.40. The van der Waals surface area contributed by atoms with Crippen LogP contribution in [0.4, 0.5) is 0 Å². The lowest BCUT2D eigenvalue weighted by atomic mass is 10.2. The quantitative estimate of drug-likeness (QED) is 0.930. The maximum Gasteiger partial charge on any atom is 0.273 e. The maximum absolute atomic E-state index is 12.3. The molecule has 0 aliphatic carbocycles. The van der Waals surface area contributed by atoms with Gasteiger partial charge in [0.2, 0.25) is 0 Å². The van der Waals surface area contributed by atoms with Crippen LogP contribution in [0.25, 0.3) is 10.8 Å². The number of rotatable bonds is 4. The van der Waals surface area contributed by atoms with E-state index in [-0.39, 0.29) is 11.9 Å². The van der Waals surface area contributed by atoms with Gasteiger partial charge < -0.3 is 15.1 Å². The second-order valence-electron chi connectivity index (χ2n) is 4.40. The molecule has 19 heavy (non-hydrogen) atoms. The molecule has 102 valence electrons. The first-order chi connectivity index (χ1) is 9.04. The molecule has 1 atom stereocenters. The molecule has 0 aliphatic heterocycles. The van der Waals surface area contributed by atoms with E-state index in [1.54, 1.807) is 24.3 Å². The summed E-state index contributed by atoms with van der Waals surface area (Å²) in [6, 6.07) is 3.62. The van der Waals surface area contributed by atoms with Crippen LogP contribution in [0.15, 0.2) is 22.8 Å². The normalized spacial score (nSPS) is 12.4. The molecule has 2 aromatic rings. The van der Waals surface area contributed by atoms with Gasteiger partial charge in [-0.25, -0.2) is 4.98 Å². The topological polar surface area (TPSA) is 72.4 Å². The number of nitrogens with zero attached hydrogens (tertiary/aromatic N) is 2. The highest BCUT2D eigenvalue weighted by Crippen LogP contribution is 2.28. The molecule has 1 amide bonds. The molecule has 0 saturated heterocycles. The van der Waals surface area contributed by atoms with Crippen LogP contribution in [0, 0.1) is 6.92 Å². The SMILES string of the molecule is Cc1sc(-c2ccco2)nc1C(=O)N(C)C(C)CN. The van der Waals surface area contributed by atoms with Gasteiger partial charge >= 0.3 is 0 Å². The number of aromatic nitrogens is 1. The zero-order valence-corrected chi connectivity index (χ0v) is 12.0. The van der Waals surface area contributed by atoms with E-state index >= 15 is 0 Å². The highest BCUT2D eigenvalue weighted by Gasteiger charge is 2.22. The molecular weight excluding hydrogens is 262 g/mol. The van der Waals surface area contributed by atoms with Crippen molar-refractivity contribution < 1.29 is 9.21 Å². The average molecular weight is 279 g/mol. The smallest absolute Gasteiger partial charge is 0.273 e. The van der Waals surface area contributed by atoms with Gasteiger partial charge in [-0.2, -0.15) is 0 Å². The fourth-order valence-corrected chi connectivity index (χ4v) is 2.50. The predicted octanol–water partition coefficient (Wildman–Crippen LogP) is 2.13. The summed E-state index contributed by atoms with van der Waals surface area (Å²) < 4.78 is 5.30. The number of carbonyl (C=O) groups is 1. The number of amides is 1. The first-order valence-electron chi connectivity index (χ1n) is 6.03. The lowest BCUT2D eigenvalue weighted by Gasteiger charge is -2.22. The number of aryl methyl sites for hydroxylation is 1. The number of likely N-dealkylation sites (N-methyl/N-ethyl adjacent to an activating group) is 1. The number of thiazole rings is 1. The van der Waals surface area contributed by atoms with Crippen molar-refractivity contribution in [3.63, 3.8) is 0 Å². The molecule has 5 nitrogen and oxygen atoms in total. The van der Waals surface area contributed by atoms with Crippen LogP contribution in [0.3, 0.4) is 0 Å². The Morgan fingerprint density at radius 3 is 2.95 bits per heavy atom. The molecule has 2 N–H and O–H groups in total. The summed E-state index contributed by atoms with van der Waals surface area (Å²) in [5.74, 6) is 0.575. The Bertz CT molecular complexity index is 562. The summed E-state index contributed by atoms with van der Waals surface area (Å²) in [5, 5.41) is 0.722. The Labute approximate surface area is 116 Å². The van der Waals surface area contributed by atoms with E-state index < -0.39 is 0 Å². The molecule has 0 bridgehead atoms. The predicted molar refractivity (Wildman–Crippen MR) is 75.2 cm³/mol. The van der Waals surface area contributed by atoms with Crippen LogP contribution in [0.1, 0.15) is 22.3 Å². The Balaban J connectivity index is 2.28. The Hall–Kier alpha value is -1.66. The van der Waals surface area contributed by atoms with Gasteiger partial charge in [-0.05, 0) is 26.0 Å². The summed E-state index contributed by atoms with van der Waals surface area (Å²) >= 11 is 1.45. The van der Waals surface area contributed by atoms with E-state index in [9.17, 15) is 4.79 Å². The van der Waals surface area contributed by atoms with Gasteiger partial charge in [-0.1, -0.05) is 0 Å². The van der Waals surface area contributed by atoms with Gasteiger partial charge in [-0.15, -0.1) is 11.3 Å². The zero-order valence-electron chi connectivity index (χ0n) is 11.2. The van der Waals surface area contributed by atoms with Crippen molar-refractivity contribution in [2.24, 2.45) is 5.73 Å². The van der Waals surface area contributed by atoms with E-state index in [1.807, 2.05) is 19.9 Å². The molecule has 2 aromatic heterocycles. The third-order valence-electron chi connectivity index (χ3n) is 3.05. The number of hydrogen-bond acceptors (Lipinski definition) is 5. The molecule has 2 heterocycles. The van der Waals surface area contributed by atoms with Crippen molar-refractivity contribution in [3.8, 4) is 10.8 Å². The second-order valence-corrected chi connectivity index (χ2v) is 5.61. The molecule has 1 unspecified atom stereocenters. The largest absolute Gasteiger partial charge is 0.462 e. The van der Waals surface area contributed by atoms with Crippen LogP contribution in [0.2, 0.25) is 0 Å². The highest BCUT2D eigenvalue weighted by atomic mass is 32.1. The zero-order chi connectivity index (χ0) is 14.0. The fraction of sp³-hybridized carbons (Fsp3) is 0.385. The van der Waals surface area contributed by atoms with E-state index in [0.717, 1.165) is 9.88 Å². The minimum absolute atomic E-state index is 0.0133. The molecule has 0 radical (unpaired) electrons. The summed E-state index contributed by atoms with van der Waals surface area (Å²) in [7, 11) is 1.74. The molecule has 0 saturated carbocycles. The minimum atomic E-state index is -0.107. The Morgan fingerprint density at radius 2 is 2.37 bits per heavy atom. The van der Waals surface area contributed by atoms with Crippen molar-refractivity contribution in [1.82, 2.24) is 9.88 Å². The van der Waals surface area contributed by atoms with E-state index in [0.29, 0.717) is 18.0 Å². The summed E-state index contributed by atoms with van der Waals surface area (Å²) in [6.07, 6.45) is 1.59. The highest BCUT2D eigenvalue weighted by molar-refractivity contribution is 7.15. The van der Waals surface area contributed by atoms with Crippen LogP contribution < -0.4 is 5.73 Å². The minimum Gasteiger partial charge on any atom is -0.462 e. The van der Waals surface area contributed by atoms with Gasteiger partial charge in [0.05, 0.1) is 6.26 Å². The molecule has 0 aromatic carbocycles. The summed E-state index contributed by atoms with van der Waals surface area (Å²) in [5.41, 5.74) is 6.05. The van der Waals surface area contributed by atoms with Gasteiger partial charge in [0, 0.05) is 24.5 Å². The van der Waals surface area contributed by atoms with Crippen molar-refractivity contribution >= 4 is 17.2 Å². The van der Waals surface area contributed by atoms with E-state index in [1.165, 1.54) is 11.3 Å². The monoisotopic (exact) mass is 279 g/mol. The molecular formula is C13H17N3O2S. The standard InChI is InChI=1S/C13H17N3O2S/c1-8(7-14)16(3)13(17)11-9(2)19-12(15-11)10-5-4-6-18-10/h4-6,8H,7,14H2,1-3H3.